The summed E-state index contributed by atoms with van der Waals surface area (Å²) in [5, 5.41) is 8.22. The van der Waals surface area contributed by atoms with E-state index in [9.17, 15) is 4.79 Å². The lowest BCUT2D eigenvalue weighted by molar-refractivity contribution is 0.194. The first-order valence-corrected chi connectivity index (χ1v) is 9.14. The minimum atomic E-state index is 0.0293. The molecule has 130 valence electrons. The molecule has 8 heteroatoms. The van der Waals surface area contributed by atoms with Crippen molar-refractivity contribution in [3.8, 4) is 0 Å². The summed E-state index contributed by atoms with van der Waals surface area (Å²) in [6, 6.07) is 1.94. The van der Waals surface area contributed by atoms with Crippen LogP contribution < -0.4 is 10.2 Å². The zero-order valence-electron chi connectivity index (χ0n) is 14.2. The highest BCUT2D eigenvalue weighted by Gasteiger charge is 2.22. The van der Waals surface area contributed by atoms with Gasteiger partial charge in [-0.1, -0.05) is 0 Å². The molecule has 2 aromatic heterocycles. The van der Waals surface area contributed by atoms with Crippen LogP contribution in [0.25, 0.3) is 0 Å². The van der Waals surface area contributed by atoms with E-state index in [2.05, 4.69) is 27.2 Å². The largest absolute Gasteiger partial charge is 0.345 e. The highest BCUT2D eigenvalue weighted by atomic mass is 32.1. The summed E-state index contributed by atoms with van der Waals surface area (Å²) >= 11 is 1.73. The number of aryl methyl sites for hydroxylation is 3. The van der Waals surface area contributed by atoms with Gasteiger partial charge in [0.15, 0.2) is 5.13 Å². The lowest BCUT2D eigenvalue weighted by Gasteiger charge is -2.34. The van der Waals surface area contributed by atoms with E-state index in [4.69, 9.17) is 0 Å². The number of thiazole rings is 1. The molecule has 0 bridgehead atoms. The van der Waals surface area contributed by atoms with Gasteiger partial charge in [0.25, 0.3) is 0 Å². The Kier molecular flexibility index (Phi) is 5.34. The Bertz CT molecular complexity index is 641. The van der Waals surface area contributed by atoms with Crippen LogP contribution in [0.1, 0.15) is 17.0 Å². The minimum Gasteiger partial charge on any atom is -0.345 e. The van der Waals surface area contributed by atoms with Crippen LogP contribution in [0.15, 0.2) is 18.5 Å². The first-order chi connectivity index (χ1) is 11.6. The standard InChI is InChI=1S/C16H24N6OS/c1-13-14(2)24-16(19-13)21-11-9-20(10-12-21)15(23)17-5-3-7-22-8-4-6-18-22/h4,6,8H,3,5,7,9-12H2,1-2H3,(H,17,23). The van der Waals surface area contributed by atoms with E-state index in [1.807, 2.05) is 28.8 Å². The zero-order chi connectivity index (χ0) is 16.9. The van der Waals surface area contributed by atoms with Gasteiger partial charge in [-0.2, -0.15) is 5.10 Å². The second kappa shape index (κ2) is 7.65. The van der Waals surface area contributed by atoms with E-state index in [-0.39, 0.29) is 6.03 Å². The van der Waals surface area contributed by atoms with Crippen molar-refractivity contribution >= 4 is 22.5 Å². The molecule has 1 fully saturated rings. The summed E-state index contributed by atoms with van der Waals surface area (Å²) in [5.74, 6) is 0. The summed E-state index contributed by atoms with van der Waals surface area (Å²) in [4.78, 5) is 22.3. The Morgan fingerprint density at radius 1 is 1.29 bits per heavy atom. The van der Waals surface area contributed by atoms with E-state index in [0.29, 0.717) is 6.54 Å². The normalized spacial score (nSPS) is 14.9. The molecule has 2 aromatic rings. The smallest absolute Gasteiger partial charge is 0.317 e. The second-order valence-corrected chi connectivity index (χ2v) is 7.15. The number of anilines is 1. The van der Waals surface area contributed by atoms with Crippen molar-refractivity contribution in [2.75, 3.05) is 37.6 Å². The molecule has 7 nitrogen and oxygen atoms in total. The van der Waals surface area contributed by atoms with Crippen LogP contribution in [0.2, 0.25) is 0 Å². The SMILES string of the molecule is Cc1nc(N2CCN(C(=O)NCCCn3cccn3)CC2)sc1C. The van der Waals surface area contributed by atoms with Gasteiger partial charge in [0.05, 0.1) is 5.69 Å². The van der Waals surface area contributed by atoms with Gasteiger partial charge in [-0.15, -0.1) is 11.3 Å². The predicted octanol–water partition coefficient (Wildman–Crippen LogP) is 1.88. The zero-order valence-corrected chi connectivity index (χ0v) is 15.1. The summed E-state index contributed by atoms with van der Waals surface area (Å²) in [6.45, 7) is 8.80. The van der Waals surface area contributed by atoms with Crippen molar-refractivity contribution in [3.05, 3.63) is 29.0 Å². The molecule has 0 spiro atoms. The fourth-order valence-corrected chi connectivity index (χ4v) is 3.63. The number of hydrogen-bond donors (Lipinski definition) is 1. The number of nitrogens with zero attached hydrogens (tertiary/aromatic N) is 5. The van der Waals surface area contributed by atoms with Crippen molar-refractivity contribution in [3.63, 3.8) is 0 Å². The maximum Gasteiger partial charge on any atom is 0.317 e. The van der Waals surface area contributed by atoms with Crippen LogP contribution in [-0.2, 0) is 6.54 Å². The number of aromatic nitrogens is 3. The Hall–Kier alpha value is -2.09. The van der Waals surface area contributed by atoms with E-state index >= 15 is 0 Å². The molecule has 0 atom stereocenters. The van der Waals surface area contributed by atoms with Gasteiger partial charge in [-0.3, -0.25) is 4.68 Å². The summed E-state index contributed by atoms with van der Waals surface area (Å²) < 4.78 is 1.88. The van der Waals surface area contributed by atoms with Crippen LogP contribution in [0.4, 0.5) is 9.93 Å². The molecule has 1 aliphatic heterocycles. The van der Waals surface area contributed by atoms with Crippen LogP contribution in [0.3, 0.4) is 0 Å². The lowest BCUT2D eigenvalue weighted by atomic mass is 10.3. The third-order valence-corrected chi connectivity index (χ3v) is 5.39. The Balaban J connectivity index is 1.38. The molecule has 0 aliphatic carbocycles. The van der Waals surface area contributed by atoms with Gasteiger partial charge in [-0.05, 0) is 26.3 Å². The number of carbonyl (C=O) groups excluding carboxylic acids is 1. The van der Waals surface area contributed by atoms with Crippen LogP contribution >= 0.6 is 11.3 Å². The molecule has 3 heterocycles. The minimum absolute atomic E-state index is 0.0293. The number of carbonyl (C=O) groups is 1. The molecule has 24 heavy (non-hydrogen) atoms. The summed E-state index contributed by atoms with van der Waals surface area (Å²) in [7, 11) is 0. The molecule has 0 radical (unpaired) electrons. The summed E-state index contributed by atoms with van der Waals surface area (Å²) in [6.07, 6.45) is 4.58. The number of nitrogens with one attached hydrogen (secondary N) is 1. The van der Waals surface area contributed by atoms with E-state index in [1.165, 1.54) is 4.88 Å². The molecule has 0 saturated carbocycles. The molecule has 1 N–H and O–H groups in total. The Labute approximate surface area is 146 Å². The van der Waals surface area contributed by atoms with Gasteiger partial charge in [-0.25, -0.2) is 9.78 Å². The van der Waals surface area contributed by atoms with E-state index in [1.54, 1.807) is 17.5 Å². The molecule has 3 rings (SSSR count). The molecular formula is C16H24N6OS. The maximum atomic E-state index is 12.2. The fraction of sp³-hybridized carbons (Fsp3) is 0.562. The van der Waals surface area contributed by atoms with Crippen molar-refractivity contribution in [1.82, 2.24) is 25.0 Å². The molecule has 1 aliphatic rings. The van der Waals surface area contributed by atoms with Gasteiger partial charge < -0.3 is 15.1 Å². The molecule has 2 amide bonds. The van der Waals surface area contributed by atoms with E-state index < -0.39 is 0 Å². The Morgan fingerprint density at radius 2 is 2.08 bits per heavy atom. The van der Waals surface area contributed by atoms with Crippen molar-refractivity contribution in [2.45, 2.75) is 26.8 Å². The maximum absolute atomic E-state index is 12.2. The van der Waals surface area contributed by atoms with Crippen molar-refractivity contribution in [2.24, 2.45) is 0 Å². The average molecular weight is 348 g/mol. The third kappa shape index (κ3) is 4.05. The predicted molar refractivity (Wildman–Crippen MR) is 95.6 cm³/mol. The second-order valence-electron chi connectivity index (χ2n) is 5.97. The number of piperazine rings is 1. The number of urea groups is 1. The number of amides is 2. The van der Waals surface area contributed by atoms with Gasteiger partial charge >= 0.3 is 6.03 Å². The molecule has 0 unspecified atom stereocenters. The highest BCUT2D eigenvalue weighted by molar-refractivity contribution is 7.15. The van der Waals surface area contributed by atoms with Gasteiger partial charge in [0.1, 0.15) is 0 Å². The van der Waals surface area contributed by atoms with Crippen molar-refractivity contribution < 1.29 is 4.79 Å². The quantitative estimate of drug-likeness (QED) is 0.838. The fourth-order valence-electron chi connectivity index (χ4n) is 2.67. The van der Waals surface area contributed by atoms with Crippen LogP contribution in [0.5, 0.6) is 0 Å². The lowest BCUT2D eigenvalue weighted by Crippen LogP contribution is -2.52. The van der Waals surface area contributed by atoms with Gasteiger partial charge in [0.2, 0.25) is 0 Å². The first kappa shape index (κ1) is 16.8. The third-order valence-electron chi connectivity index (χ3n) is 4.25. The monoisotopic (exact) mass is 348 g/mol. The number of hydrogen-bond acceptors (Lipinski definition) is 5. The average Bonchev–Trinajstić information content (AvgIpc) is 3.22. The Morgan fingerprint density at radius 3 is 2.71 bits per heavy atom. The van der Waals surface area contributed by atoms with Crippen molar-refractivity contribution in [1.29, 1.82) is 0 Å². The molecule has 0 aromatic carbocycles. The molecule has 1 saturated heterocycles. The van der Waals surface area contributed by atoms with Crippen LogP contribution in [-0.4, -0.2) is 58.4 Å². The van der Waals surface area contributed by atoms with Crippen LogP contribution in [0, 0.1) is 13.8 Å². The van der Waals surface area contributed by atoms with Gasteiger partial charge in [0, 0.05) is 56.5 Å². The topological polar surface area (TPSA) is 66.3 Å². The highest BCUT2D eigenvalue weighted by Crippen LogP contribution is 2.25. The molecular weight excluding hydrogens is 324 g/mol. The van der Waals surface area contributed by atoms with E-state index in [0.717, 1.165) is 50.0 Å². The summed E-state index contributed by atoms with van der Waals surface area (Å²) in [5.41, 5.74) is 1.10. The first-order valence-electron chi connectivity index (χ1n) is 8.32. The number of rotatable bonds is 5.